The van der Waals surface area contributed by atoms with Gasteiger partial charge in [0, 0.05) is 12.6 Å². The van der Waals surface area contributed by atoms with Crippen LogP contribution in [0.4, 0.5) is 0 Å². The van der Waals surface area contributed by atoms with Gasteiger partial charge in [0.05, 0.1) is 11.5 Å². The summed E-state index contributed by atoms with van der Waals surface area (Å²) < 4.78 is 0. The van der Waals surface area contributed by atoms with Crippen LogP contribution < -0.4 is 0 Å². The molecule has 0 unspecified atom stereocenters. The third-order valence-electron chi connectivity index (χ3n) is 4.27. The van der Waals surface area contributed by atoms with Crippen LogP contribution in [0.1, 0.15) is 42.6 Å². The van der Waals surface area contributed by atoms with E-state index in [4.69, 9.17) is 0 Å². The fraction of sp³-hybridized carbons (Fsp3) is 0.500. The first-order chi connectivity index (χ1) is 9.95. The van der Waals surface area contributed by atoms with E-state index in [2.05, 4.69) is 0 Å². The quantitative estimate of drug-likeness (QED) is 0.895. The SMILES string of the molecule is CCc1ccc(O)c(C(=O)N2CCC[C@H](C(=O)O)[C@@H]2C)c1. The van der Waals surface area contributed by atoms with Crippen LogP contribution in [0.25, 0.3) is 0 Å². The van der Waals surface area contributed by atoms with Gasteiger partial charge in [-0.3, -0.25) is 9.59 Å². The summed E-state index contributed by atoms with van der Waals surface area (Å²) in [6, 6.07) is 4.63. The molecule has 1 aromatic carbocycles. The van der Waals surface area contributed by atoms with Gasteiger partial charge in [0.1, 0.15) is 5.75 Å². The van der Waals surface area contributed by atoms with Gasteiger partial charge < -0.3 is 15.1 Å². The summed E-state index contributed by atoms with van der Waals surface area (Å²) in [4.78, 5) is 25.5. The molecule has 2 rings (SSSR count). The number of aromatic hydroxyl groups is 1. The maximum absolute atomic E-state index is 12.6. The maximum Gasteiger partial charge on any atom is 0.308 e. The molecule has 1 aromatic rings. The summed E-state index contributed by atoms with van der Waals surface area (Å²) in [5.74, 6) is -1.76. The van der Waals surface area contributed by atoms with Crippen LogP contribution >= 0.6 is 0 Å². The van der Waals surface area contributed by atoms with E-state index in [1.165, 1.54) is 6.07 Å². The molecule has 21 heavy (non-hydrogen) atoms. The van der Waals surface area contributed by atoms with Crippen molar-refractivity contribution >= 4 is 11.9 Å². The Bertz CT molecular complexity index is 555. The molecule has 5 nitrogen and oxygen atoms in total. The molecule has 0 radical (unpaired) electrons. The summed E-state index contributed by atoms with van der Waals surface area (Å²) >= 11 is 0. The van der Waals surface area contributed by atoms with Crippen molar-refractivity contribution in [1.82, 2.24) is 4.90 Å². The number of hydrogen-bond donors (Lipinski definition) is 2. The smallest absolute Gasteiger partial charge is 0.308 e. The molecule has 1 fully saturated rings. The lowest BCUT2D eigenvalue weighted by Gasteiger charge is -2.37. The summed E-state index contributed by atoms with van der Waals surface area (Å²) in [7, 11) is 0. The predicted molar refractivity (Wildman–Crippen MR) is 78.3 cm³/mol. The van der Waals surface area contributed by atoms with Gasteiger partial charge in [-0.2, -0.15) is 0 Å². The summed E-state index contributed by atoms with van der Waals surface area (Å²) in [5, 5.41) is 19.2. The van der Waals surface area contributed by atoms with E-state index < -0.39 is 11.9 Å². The molecular formula is C16H21NO4. The maximum atomic E-state index is 12.6. The highest BCUT2D eigenvalue weighted by atomic mass is 16.4. The van der Waals surface area contributed by atoms with E-state index in [9.17, 15) is 19.8 Å². The van der Waals surface area contributed by atoms with E-state index in [1.54, 1.807) is 24.0 Å². The zero-order chi connectivity index (χ0) is 15.6. The molecule has 1 aliphatic rings. The average Bonchev–Trinajstić information content (AvgIpc) is 2.47. The fourth-order valence-electron chi connectivity index (χ4n) is 2.89. The third-order valence-corrected chi connectivity index (χ3v) is 4.27. The van der Waals surface area contributed by atoms with Crippen molar-refractivity contribution < 1.29 is 19.8 Å². The number of phenolic OH excluding ortho intramolecular Hbond substituents is 1. The van der Waals surface area contributed by atoms with E-state index in [0.29, 0.717) is 19.4 Å². The molecule has 0 aromatic heterocycles. The summed E-state index contributed by atoms with van der Waals surface area (Å²) in [5.41, 5.74) is 1.22. The lowest BCUT2D eigenvalue weighted by molar-refractivity contribution is -0.144. The molecule has 1 heterocycles. The Hall–Kier alpha value is -2.04. The zero-order valence-electron chi connectivity index (χ0n) is 12.4. The number of likely N-dealkylation sites (tertiary alicyclic amines) is 1. The number of nitrogens with zero attached hydrogens (tertiary/aromatic N) is 1. The summed E-state index contributed by atoms with van der Waals surface area (Å²) in [6.07, 6.45) is 2.02. The van der Waals surface area contributed by atoms with Gasteiger partial charge in [-0.15, -0.1) is 0 Å². The standard InChI is InChI=1S/C16H21NO4/c1-3-11-6-7-14(18)13(9-11)15(19)17-8-4-5-12(10(17)2)16(20)21/h6-7,9-10,12,18H,3-5,8H2,1-2H3,(H,20,21)/t10-,12-/m0/s1. The first-order valence-electron chi connectivity index (χ1n) is 7.31. The Balaban J connectivity index is 2.28. The number of carbonyl (C=O) groups is 2. The molecule has 114 valence electrons. The van der Waals surface area contributed by atoms with Crippen LogP contribution in [0.15, 0.2) is 18.2 Å². The number of carbonyl (C=O) groups excluding carboxylic acids is 1. The normalized spacial score (nSPS) is 22.1. The van der Waals surface area contributed by atoms with Crippen molar-refractivity contribution in [3.8, 4) is 5.75 Å². The first-order valence-corrected chi connectivity index (χ1v) is 7.31. The van der Waals surface area contributed by atoms with Crippen LogP contribution in [0.3, 0.4) is 0 Å². The van der Waals surface area contributed by atoms with Crippen molar-refractivity contribution in [3.05, 3.63) is 29.3 Å². The Labute approximate surface area is 124 Å². The molecule has 0 saturated carbocycles. The van der Waals surface area contributed by atoms with Crippen LogP contribution in [0.2, 0.25) is 0 Å². The van der Waals surface area contributed by atoms with Crippen molar-refractivity contribution in [3.63, 3.8) is 0 Å². The lowest BCUT2D eigenvalue weighted by atomic mass is 9.89. The molecule has 0 spiro atoms. The second-order valence-corrected chi connectivity index (χ2v) is 5.53. The number of amides is 1. The Morgan fingerprint density at radius 2 is 2.10 bits per heavy atom. The zero-order valence-corrected chi connectivity index (χ0v) is 12.4. The topological polar surface area (TPSA) is 77.8 Å². The van der Waals surface area contributed by atoms with Gasteiger partial charge >= 0.3 is 5.97 Å². The predicted octanol–water partition coefficient (Wildman–Crippen LogP) is 2.28. The van der Waals surface area contributed by atoms with Gasteiger partial charge in [0.2, 0.25) is 0 Å². The average molecular weight is 291 g/mol. The van der Waals surface area contributed by atoms with E-state index in [0.717, 1.165) is 12.0 Å². The Morgan fingerprint density at radius 1 is 1.38 bits per heavy atom. The van der Waals surface area contributed by atoms with Gasteiger partial charge in [0.25, 0.3) is 5.91 Å². The highest BCUT2D eigenvalue weighted by Gasteiger charge is 2.36. The molecule has 1 amide bonds. The molecule has 5 heteroatoms. The second kappa shape index (κ2) is 6.16. The number of piperidine rings is 1. The minimum absolute atomic E-state index is 0.0538. The van der Waals surface area contributed by atoms with Crippen molar-refractivity contribution in [2.24, 2.45) is 5.92 Å². The van der Waals surface area contributed by atoms with Crippen molar-refractivity contribution in [2.75, 3.05) is 6.54 Å². The molecular weight excluding hydrogens is 270 g/mol. The highest BCUT2D eigenvalue weighted by molar-refractivity contribution is 5.97. The number of benzene rings is 1. The van der Waals surface area contributed by atoms with E-state index in [-0.39, 0.29) is 23.3 Å². The number of rotatable bonds is 3. The number of carboxylic acid groups (broad SMARTS) is 1. The lowest BCUT2D eigenvalue weighted by Crippen LogP contribution is -2.49. The minimum atomic E-state index is -0.869. The second-order valence-electron chi connectivity index (χ2n) is 5.53. The van der Waals surface area contributed by atoms with Gasteiger partial charge in [0.15, 0.2) is 0 Å². The Kier molecular flexibility index (Phi) is 4.50. The number of phenols is 1. The molecule has 0 aliphatic carbocycles. The van der Waals surface area contributed by atoms with Gasteiger partial charge in [-0.1, -0.05) is 13.0 Å². The molecule has 1 saturated heterocycles. The minimum Gasteiger partial charge on any atom is -0.507 e. The summed E-state index contributed by atoms with van der Waals surface area (Å²) in [6.45, 7) is 4.26. The van der Waals surface area contributed by atoms with Crippen molar-refractivity contribution in [1.29, 1.82) is 0 Å². The van der Waals surface area contributed by atoms with E-state index in [1.807, 2.05) is 6.92 Å². The number of aliphatic carboxylic acids is 1. The third kappa shape index (κ3) is 3.01. The van der Waals surface area contributed by atoms with Crippen LogP contribution in [0.5, 0.6) is 5.75 Å². The van der Waals surface area contributed by atoms with E-state index >= 15 is 0 Å². The van der Waals surface area contributed by atoms with Crippen LogP contribution in [-0.4, -0.2) is 39.6 Å². The molecule has 1 aliphatic heterocycles. The molecule has 0 bridgehead atoms. The highest BCUT2D eigenvalue weighted by Crippen LogP contribution is 2.28. The number of hydrogen-bond acceptors (Lipinski definition) is 3. The largest absolute Gasteiger partial charge is 0.507 e. The monoisotopic (exact) mass is 291 g/mol. The van der Waals surface area contributed by atoms with Crippen LogP contribution in [0, 0.1) is 5.92 Å². The first kappa shape index (κ1) is 15.4. The number of carboxylic acids is 1. The fourth-order valence-corrected chi connectivity index (χ4v) is 2.89. The number of aryl methyl sites for hydroxylation is 1. The molecule has 2 N–H and O–H groups in total. The van der Waals surface area contributed by atoms with Gasteiger partial charge in [-0.25, -0.2) is 0 Å². The Morgan fingerprint density at radius 3 is 2.71 bits per heavy atom. The van der Waals surface area contributed by atoms with Gasteiger partial charge in [-0.05, 0) is 43.9 Å². The van der Waals surface area contributed by atoms with Crippen LogP contribution in [-0.2, 0) is 11.2 Å². The molecule has 2 atom stereocenters. The van der Waals surface area contributed by atoms with Crippen molar-refractivity contribution in [2.45, 2.75) is 39.2 Å².